The molecule has 3 amide bonds. The normalized spacial score (nSPS) is 19.7. The molecule has 1 saturated heterocycles. The molecule has 1 fully saturated rings. The summed E-state index contributed by atoms with van der Waals surface area (Å²) in [6.07, 6.45) is 0.368. The van der Waals surface area contributed by atoms with Crippen LogP contribution in [0.4, 0.5) is 0 Å². The maximum absolute atomic E-state index is 12.4. The van der Waals surface area contributed by atoms with E-state index in [4.69, 9.17) is 15.9 Å². The van der Waals surface area contributed by atoms with E-state index in [9.17, 15) is 24.0 Å². The number of hydrogen-bond acceptors (Lipinski definition) is 6. The van der Waals surface area contributed by atoms with Gasteiger partial charge in [0, 0.05) is 13.0 Å². The van der Waals surface area contributed by atoms with E-state index in [1.54, 1.807) is 0 Å². The first-order valence-electron chi connectivity index (χ1n) is 8.66. The molecule has 0 spiro atoms. The predicted octanol–water partition coefficient (Wildman–Crippen LogP) is -1.74. The Labute approximate surface area is 156 Å². The number of aliphatic carboxylic acids is 2. The monoisotopic (exact) mass is 386 g/mol. The van der Waals surface area contributed by atoms with Gasteiger partial charge in [-0.1, -0.05) is 0 Å². The van der Waals surface area contributed by atoms with Gasteiger partial charge in [0.1, 0.15) is 18.1 Å². The Kier molecular flexibility index (Phi) is 8.16. The molecule has 0 aromatic rings. The highest BCUT2D eigenvalue weighted by Crippen LogP contribution is 2.18. The number of nitrogens with two attached hydrogens (primary N) is 1. The van der Waals surface area contributed by atoms with Gasteiger partial charge in [-0.3, -0.25) is 19.2 Å². The molecule has 0 saturated carbocycles. The van der Waals surface area contributed by atoms with Gasteiger partial charge in [-0.15, -0.1) is 0 Å². The second-order valence-electron chi connectivity index (χ2n) is 6.54. The van der Waals surface area contributed by atoms with Crippen molar-refractivity contribution >= 4 is 29.7 Å². The van der Waals surface area contributed by atoms with E-state index >= 15 is 0 Å². The lowest BCUT2D eigenvalue weighted by atomic mass is 10.1. The molecule has 11 nitrogen and oxygen atoms in total. The first-order valence-corrected chi connectivity index (χ1v) is 8.66. The smallest absolute Gasteiger partial charge is 0.326 e. The topological polar surface area (TPSA) is 179 Å². The second kappa shape index (κ2) is 9.86. The molecule has 0 aromatic heterocycles. The van der Waals surface area contributed by atoms with Gasteiger partial charge in [-0.25, -0.2) is 4.79 Å². The molecule has 0 aromatic carbocycles. The second-order valence-corrected chi connectivity index (χ2v) is 6.54. The standard InChI is InChI=1S/C16H26N4O7/c1-8(17)15(25)20-7-3-4-11(20)14(24)18-9(2)13(23)19-10(16(26)27)5-6-12(21)22/h8-11H,3-7,17H2,1-2H3,(H,18,24)(H,19,23)(H,21,22)(H,26,27). The summed E-state index contributed by atoms with van der Waals surface area (Å²) in [4.78, 5) is 59.7. The van der Waals surface area contributed by atoms with E-state index in [1.165, 1.54) is 18.7 Å². The fourth-order valence-electron chi connectivity index (χ4n) is 2.76. The third kappa shape index (κ3) is 6.51. The van der Waals surface area contributed by atoms with Crippen molar-refractivity contribution in [3.8, 4) is 0 Å². The number of carbonyl (C=O) groups excluding carboxylic acids is 3. The van der Waals surface area contributed by atoms with E-state index in [2.05, 4.69) is 10.6 Å². The van der Waals surface area contributed by atoms with Gasteiger partial charge >= 0.3 is 11.9 Å². The van der Waals surface area contributed by atoms with Crippen LogP contribution >= 0.6 is 0 Å². The van der Waals surface area contributed by atoms with Gasteiger partial charge < -0.3 is 31.5 Å². The van der Waals surface area contributed by atoms with Gasteiger partial charge in [-0.2, -0.15) is 0 Å². The average molecular weight is 386 g/mol. The lowest BCUT2D eigenvalue weighted by molar-refractivity contribution is -0.143. The van der Waals surface area contributed by atoms with Crippen molar-refractivity contribution in [1.29, 1.82) is 0 Å². The molecule has 11 heteroatoms. The Bertz CT molecular complexity index is 608. The lowest BCUT2D eigenvalue weighted by Crippen LogP contribution is -2.55. The highest BCUT2D eigenvalue weighted by Gasteiger charge is 2.36. The van der Waals surface area contributed by atoms with E-state index in [-0.39, 0.29) is 12.3 Å². The Morgan fingerprint density at radius 2 is 1.78 bits per heavy atom. The molecule has 6 N–H and O–H groups in total. The van der Waals surface area contributed by atoms with Crippen LogP contribution in [-0.2, 0) is 24.0 Å². The molecule has 152 valence electrons. The maximum Gasteiger partial charge on any atom is 0.326 e. The maximum atomic E-state index is 12.4. The number of hydrogen-bond donors (Lipinski definition) is 5. The number of rotatable bonds is 9. The number of carboxylic acid groups (broad SMARTS) is 2. The molecule has 1 aliphatic rings. The van der Waals surface area contributed by atoms with Crippen LogP contribution in [0.15, 0.2) is 0 Å². The van der Waals surface area contributed by atoms with Crippen molar-refractivity contribution in [1.82, 2.24) is 15.5 Å². The average Bonchev–Trinajstić information content (AvgIpc) is 3.06. The van der Waals surface area contributed by atoms with Crippen molar-refractivity contribution in [2.75, 3.05) is 6.54 Å². The predicted molar refractivity (Wildman–Crippen MR) is 92.4 cm³/mol. The minimum Gasteiger partial charge on any atom is -0.481 e. The van der Waals surface area contributed by atoms with Crippen molar-refractivity contribution < 1.29 is 34.2 Å². The zero-order chi connectivity index (χ0) is 20.7. The number of amides is 3. The molecule has 1 aliphatic heterocycles. The van der Waals surface area contributed by atoms with Crippen LogP contribution in [0.2, 0.25) is 0 Å². The molecule has 0 radical (unpaired) electrons. The molecular weight excluding hydrogens is 360 g/mol. The van der Waals surface area contributed by atoms with Gasteiger partial charge in [0.25, 0.3) is 0 Å². The summed E-state index contributed by atoms with van der Waals surface area (Å²) in [6, 6.07) is -3.92. The minimum atomic E-state index is -1.38. The fraction of sp³-hybridized carbons (Fsp3) is 0.688. The minimum absolute atomic E-state index is 0.281. The molecule has 0 aliphatic carbocycles. The summed E-state index contributed by atoms with van der Waals surface area (Å²) in [5, 5.41) is 22.4. The zero-order valence-electron chi connectivity index (χ0n) is 15.3. The number of nitrogens with one attached hydrogen (secondary N) is 2. The van der Waals surface area contributed by atoms with E-state index in [1.807, 2.05) is 0 Å². The number of carbonyl (C=O) groups is 5. The van der Waals surface area contributed by atoms with Gasteiger partial charge in [0.05, 0.1) is 6.04 Å². The highest BCUT2D eigenvalue weighted by atomic mass is 16.4. The zero-order valence-corrected chi connectivity index (χ0v) is 15.3. The van der Waals surface area contributed by atoms with Crippen molar-refractivity contribution in [2.24, 2.45) is 5.73 Å². The van der Waals surface area contributed by atoms with Crippen LogP contribution in [-0.4, -0.2) is 75.5 Å². The Hall–Kier alpha value is -2.69. The SMILES string of the molecule is CC(N)C(=O)N1CCCC1C(=O)NC(C)C(=O)NC(CCC(=O)O)C(=O)O. The van der Waals surface area contributed by atoms with Crippen LogP contribution in [0, 0.1) is 0 Å². The molecule has 0 bridgehead atoms. The number of nitrogens with zero attached hydrogens (tertiary/aromatic N) is 1. The van der Waals surface area contributed by atoms with Crippen molar-refractivity contribution in [3.63, 3.8) is 0 Å². The van der Waals surface area contributed by atoms with Crippen LogP contribution in [0.5, 0.6) is 0 Å². The largest absolute Gasteiger partial charge is 0.481 e. The molecule has 1 heterocycles. The summed E-state index contributed by atoms with van der Waals surface area (Å²) in [7, 11) is 0. The van der Waals surface area contributed by atoms with Crippen molar-refractivity contribution in [3.05, 3.63) is 0 Å². The molecule has 4 atom stereocenters. The van der Waals surface area contributed by atoms with Gasteiger partial charge in [0.15, 0.2) is 0 Å². The number of carboxylic acids is 2. The number of likely N-dealkylation sites (tertiary alicyclic amines) is 1. The molecule has 1 rings (SSSR count). The quantitative estimate of drug-likeness (QED) is 0.310. The van der Waals surface area contributed by atoms with Crippen molar-refractivity contribution in [2.45, 2.75) is 63.7 Å². The van der Waals surface area contributed by atoms with Crippen LogP contribution < -0.4 is 16.4 Å². The molecule has 27 heavy (non-hydrogen) atoms. The summed E-state index contributed by atoms with van der Waals surface area (Å²) in [5.74, 6) is -4.19. The summed E-state index contributed by atoms with van der Waals surface area (Å²) >= 11 is 0. The van der Waals surface area contributed by atoms with E-state index < -0.39 is 54.3 Å². The van der Waals surface area contributed by atoms with Gasteiger partial charge in [0.2, 0.25) is 17.7 Å². The van der Waals surface area contributed by atoms with E-state index in [0.29, 0.717) is 19.4 Å². The molecular formula is C16H26N4O7. The van der Waals surface area contributed by atoms with E-state index in [0.717, 1.165) is 0 Å². The van der Waals surface area contributed by atoms with Crippen LogP contribution in [0.25, 0.3) is 0 Å². The fourth-order valence-corrected chi connectivity index (χ4v) is 2.76. The third-order valence-electron chi connectivity index (χ3n) is 4.24. The third-order valence-corrected chi connectivity index (χ3v) is 4.24. The summed E-state index contributed by atoms with van der Waals surface area (Å²) in [6.45, 7) is 3.29. The lowest BCUT2D eigenvalue weighted by Gasteiger charge is -2.27. The Morgan fingerprint density at radius 3 is 2.30 bits per heavy atom. The highest BCUT2D eigenvalue weighted by molar-refractivity contribution is 5.94. The summed E-state index contributed by atoms with van der Waals surface area (Å²) in [5.41, 5.74) is 5.58. The van der Waals surface area contributed by atoms with Crippen LogP contribution in [0.1, 0.15) is 39.5 Å². The van der Waals surface area contributed by atoms with Crippen LogP contribution in [0.3, 0.4) is 0 Å². The Balaban J connectivity index is 2.65. The first kappa shape index (κ1) is 22.4. The first-order chi connectivity index (χ1) is 12.5. The Morgan fingerprint density at radius 1 is 1.15 bits per heavy atom. The summed E-state index contributed by atoms with van der Waals surface area (Å²) < 4.78 is 0. The van der Waals surface area contributed by atoms with Gasteiger partial charge in [-0.05, 0) is 33.1 Å². The molecule has 4 unspecified atom stereocenters.